The first kappa shape index (κ1) is 18.4. The van der Waals surface area contributed by atoms with Crippen molar-refractivity contribution in [3.05, 3.63) is 34.9 Å². The van der Waals surface area contributed by atoms with Crippen molar-refractivity contribution in [2.75, 3.05) is 13.2 Å². The minimum atomic E-state index is -0.949. The van der Waals surface area contributed by atoms with Gasteiger partial charge in [0.1, 0.15) is 6.04 Å². The number of ether oxygens (including phenoxy) is 1. The molecule has 9 heteroatoms. The van der Waals surface area contributed by atoms with Gasteiger partial charge in [0.2, 0.25) is 11.8 Å². The van der Waals surface area contributed by atoms with Gasteiger partial charge in [0.25, 0.3) is 11.8 Å². The van der Waals surface area contributed by atoms with Gasteiger partial charge in [0.15, 0.2) is 0 Å². The molecule has 0 aromatic heterocycles. The van der Waals surface area contributed by atoms with Gasteiger partial charge in [-0.25, -0.2) is 0 Å². The number of imide groups is 2. The summed E-state index contributed by atoms with van der Waals surface area (Å²) in [6, 6.07) is 4.20. The molecule has 0 spiro atoms. The Hall–Kier alpha value is -2.62. The standard InChI is InChI=1S/C20H22N4O5/c21-9-20-7-19(8-20,10-29-20)22-6-11-1-2-12-13(5-11)18(28)24(17(12)27)14-3-4-15(25)23-16(14)26/h1-2,5,14,22H,3-4,6-10,21H2,(H,23,25,26). The van der Waals surface area contributed by atoms with Crippen molar-refractivity contribution < 1.29 is 23.9 Å². The summed E-state index contributed by atoms with van der Waals surface area (Å²) in [6.07, 6.45) is 2.01. The normalized spacial score (nSPS) is 33.0. The SMILES string of the molecule is NCC12CC(NCc3ccc4c(c3)C(=O)N(C3CCC(=O)NC3=O)C4=O)(CO1)C2. The molecule has 1 saturated carbocycles. The second-order valence-corrected chi connectivity index (χ2v) is 8.49. The highest BCUT2D eigenvalue weighted by Gasteiger charge is 2.61. The van der Waals surface area contributed by atoms with Gasteiger partial charge in [-0.3, -0.25) is 29.4 Å². The van der Waals surface area contributed by atoms with Crippen LogP contribution < -0.4 is 16.4 Å². The van der Waals surface area contributed by atoms with Crippen LogP contribution in [0.15, 0.2) is 18.2 Å². The molecule has 3 saturated heterocycles. The third-order valence-corrected chi connectivity index (χ3v) is 6.52. The average molecular weight is 398 g/mol. The van der Waals surface area contributed by atoms with Gasteiger partial charge in [-0.05, 0) is 37.0 Å². The highest BCUT2D eigenvalue weighted by molar-refractivity contribution is 6.23. The first-order valence-corrected chi connectivity index (χ1v) is 9.79. The van der Waals surface area contributed by atoms with E-state index in [9.17, 15) is 19.2 Å². The van der Waals surface area contributed by atoms with E-state index in [-0.39, 0.29) is 35.5 Å². The third kappa shape index (κ3) is 2.72. The number of fused-ring (bicyclic) bond motifs is 2. The molecule has 4 heterocycles. The number of carbonyl (C=O) groups excluding carboxylic acids is 4. The second kappa shape index (κ2) is 6.19. The third-order valence-electron chi connectivity index (χ3n) is 6.52. The Balaban J connectivity index is 1.31. The van der Waals surface area contributed by atoms with E-state index in [1.54, 1.807) is 12.1 Å². The van der Waals surface area contributed by atoms with Gasteiger partial charge in [-0.1, -0.05) is 6.07 Å². The lowest BCUT2D eigenvalue weighted by molar-refractivity contribution is -0.136. The zero-order chi connectivity index (χ0) is 20.4. The van der Waals surface area contributed by atoms with E-state index in [1.807, 2.05) is 6.07 Å². The molecule has 152 valence electrons. The Morgan fingerprint density at radius 2 is 1.93 bits per heavy atom. The van der Waals surface area contributed by atoms with Gasteiger partial charge in [-0.2, -0.15) is 0 Å². The fourth-order valence-electron chi connectivity index (χ4n) is 4.97. The van der Waals surface area contributed by atoms with Crippen LogP contribution in [0, 0.1) is 0 Å². The van der Waals surface area contributed by atoms with Crippen LogP contribution in [0.4, 0.5) is 0 Å². The van der Waals surface area contributed by atoms with Crippen molar-refractivity contribution in [2.45, 2.75) is 49.4 Å². The van der Waals surface area contributed by atoms with Crippen molar-refractivity contribution >= 4 is 23.6 Å². The van der Waals surface area contributed by atoms with Crippen LogP contribution >= 0.6 is 0 Å². The Morgan fingerprint density at radius 1 is 1.17 bits per heavy atom. The smallest absolute Gasteiger partial charge is 0.262 e. The lowest BCUT2D eigenvalue weighted by atomic mass is 9.68. The number of benzene rings is 1. The molecule has 1 aliphatic carbocycles. The molecule has 0 radical (unpaired) electrons. The summed E-state index contributed by atoms with van der Waals surface area (Å²) in [6.45, 7) is 1.68. The average Bonchev–Trinajstić information content (AvgIpc) is 3.31. The number of nitrogens with one attached hydrogen (secondary N) is 2. The zero-order valence-electron chi connectivity index (χ0n) is 15.8. The summed E-state index contributed by atoms with van der Waals surface area (Å²) in [5.41, 5.74) is 6.98. The lowest BCUT2D eigenvalue weighted by Crippen LogP contribution is -2.60. The summed E-state index contributed by atoms with van der Waals surface area (Å²) < 4.78 is 5.80. The number of nitrogens with zero attached hydrogens (tertiary/aromatic N) is 1. The van der Waals surface area contributed by atoms with Crippen molar-refractivity contribution in [2.24, 2.45) is 5.73 Å². The molecular weight excluding hydrogens is 376 g/mol. The Bertz CT molecular complexity index is 952. The first-order valence-electron chi connectivity index (χ1n) is 9.79. The molecule has 5 aliphatic rings. The molecule has 4 aliphatic heterocycles. The van der Waals surface area contributed by atoms with E-state index in [1.165, 1.54) is 0 Å². The summed E-state index contributed by atoms with van der Waals surface area (Å²) >= 11 is 0. The van der Waals surface area contributed by atoms with Gasteiger partial charge >= 0.3 is 0 Å². The summed E-state index contributed by atoms with van der Waals surface area (Å²) in [7, 11) is 0. The fourth-order valence-corrected chi connectivity index (χ4v) is 4.97. The van der Waals surface area contributed by atoms with Crippen LogP contribution in [0.2, 0.25) is 0 Å². The quantitative estimate of drug-likeness (QED) is 0.567. The topological polar surface area (TPSA) is 131 Å². The molecule has 4 N–H and O–H groups in total. The molecule has 1 aromatic rings. The second-order valence-electron chi connectivity index (χ2n) is 8.49. The molecule has 1 unspecified atom stereocenters. The molecule has 9 nitrogen and oxygen atoms in total. The van der Waals surface area contributed by atoms with E-state index < -0.39 is 23.8 Å². The number of amides is 4. The number of hydrogen-bond acceptors (Lipinski definition) is 7. The number of piperidine rings is 1. The number of hydrogen-bond donors (Lipinski definition) is 3. The monoisotopic (exact) mass is 398 g/mol. The molecule has 6 rings (SSSR count). The molecule has 2 bridgehead atoms. The van der Waals surface area contributed by atoms with E-state index in [4.69, 9.17) is 10.5 Å². The van der Waals surface area contributed by atoms with Crippen molar-refractivity contribution in [1.82, 2.24) is 15.5 Å². The summed E-state index contributed by atoms with van der Waals surface area (Å²) in [5, 5.41) is 5.71. The zero-order valence-corrected chi connectivity index (χ0v) is 15.8. The molecule has 4 amide bonds. The van der Waals surface area contributed by atoms with Gasteiger partial charge < -0.3 is 15.8 Å². The molecule has 1 aromatic carbocycles. The van der Waals surface area contributed by atoms with Crippen LogP contribution in [0.3, 0.4) is 0 Å². The highest BCUT2D eigenvalue weighted by atomic mass is 16.5. The lowest BCUT2D eigenvalue weighted by Gasteiger charge is -2.44. The van der Waals surface area contributed by atoms with Crippen LogP contribution in [0.5, 0.6) is 0 Å². The summed E-state index contributed by atoms with van der Waals surface area (Å²) in [5.74, 6) is -1.98. The number of nitrogens with two attached hydrogens (primary N) is 1. The van der Waals surface area contributed by atoms with Crippen LogP contribution in [-0.2, 0) is 20.9 Å². The minimum Gasteiger partial charge on any atom is -0.372 e. The number of carbonyl (C=O) groups is 4. The maximum atomic E-state index is 12.9. The van der Waals surface area contributed by atoms with Crippen molar-refractivity contribution in [1.29, 1.82) is 0 Å². The predicted molar refractivity (Wildman–Crippen MR) is 99.7 cm³/mol. The summed E-state index contributed by atoms with van der Waals surface area (Å²) in [4.78, 5) is 50.1. The number of rotatable bonds is 5. The van der Waals surface area contributed by atoms with Gasteiger partial charge in [0.05, 0.1) is 23.3 Å². The van der Waals surface area contributed by atoms with E-state index >= 15 is 0 Å². The molecular formula is C20H22N4O5. The highest BCUT2D eigenvalue weighted by Crippen LogP contribution is 2.50. The van der Waals surface area contributed by atoms with Crippen LogP contribution in [0.25, 0.3) is 0 Å². The minimum absolute atomic E-state index is 0.0724. The van der Waals surface area contributed by atoms with Crippen molar-refractivity contribution in [3.8, 4) is 0 Å². The maximum Gasteiger partial charge on any atom is 0.262 e. The largest absolute Gasteiger partial charge is 0.372 e. The Morgan fingerprint density at radius 3 is 2.62 bits per heavy atom. The molecule has 29 heavy (non-hydrogen) atoms. The van der Waals surface area contributed by atoms with Crippen LogP contribution in [-0.4, -0.2) is 58.9 Å². The van der Waals surface area contributed by atoms with Crippen LogP contribution in [0.1, 0.15) is 52.0 Å². The van der Waals surface area contributed by atoms with Crippen molar-refractivity contribution in [3.63, 3.8) is 0 Å². The molecule has 4 fully saturated rings. The fraction of sp³-hybridized carbons (Fsp3) is 0.500. The Labute approximate surface area is 166 Å². The first-order chi connectivity index (χ1) is 13.9. The molecule has 1 atom stereocenters. The van der Waals surface area contributed by atoms with E-state index in [0.29, 0.717) is 25.3 Å². The maximum absolute atomic E-state index is 12.9. The van der Waals surface area contributed by atoms with Gasteiger partial charge in [-0.15, -0.1) is 0 Å². The van der Waals surface area contributed by atoms with E-state index in [2.05, 4.69) is 10.6 Å². The van der Waals surface area contributed by atoms with Gasteiger partial charge in [0, 0.05) is 25.0 Å². The Kier molecular flexibility index (Phi) is 3.93. The predicted octanol–water partition coefficient (Wildman–Crippen LogP) is -0.562. The van der Waals surface area contributed by atoms with E-state index in [0.717, 1.165) is 23.3 Å².